The molecule has 2 N–H and O–H groups in total. The van der Waals surface area contributed by atoms with Crippen LogP contribution in [0.5, 0.6) is 0 Å². The Morgan fingerprint density at radius 2 is 1.72 bits per heavy atom. The molecule has 1 aliphatic rings. The number of unbranched alkanes of at least 4 members (excludes halogenated alkanes) is 1. The Morgan fingerprint density at radius 1 is 0.960 bits per heavy atom. The van der Waals surface area contributed by atoms with Gasteiger partial charge in [0.1, 0.15) is 0 Å². The van der Waals surface area contributed by atoms with Crippen LogP contribution >= 0.6 is 23.5 Å². The zero-order valence-corrected chi connectivity index (χ0v) is 16.2. The molecule has 0 saturated heterocycles. The first-order chi connectivity index (χ1) is 12.2. The first-order valence-electron chi connectivity index (χ1n) is 8.82. The van der Waals surface area contributed by atoms with Crippen molar-refractivity contribution in [3.05, 3.63) is 70.5 Å². The average Bonchev–Trinajstić information content (AvgIpc) is 2.67. The van der Waals surface area contributed by atoms with E-state index in [1.54, 1.807) is 23.5 Å². The molecule has 25 heavy (non-hydrogen) atoms. The van der Waals surface area contributed by atoms with Crippen LogP contribution in [-0.4, -0.2) is 17.7 Å². The third-order valence-electron chi connectivity index (χ3n) is 4.43. The van der Waals surface area contributed by atoms with Gasteiger partial charge in [-0.25, -0.2) is 0 Å². The molecule has 0 aliphatic carbocycles. The smallest absolute Gasteiger partial charge is 0.0940 e. The van der Waals surface area contributed by atoms with Gasteiger partial charge in [-0.2, -0.15) is 0 Å². The lowest BCUT2D eigenvalue weighted by atomic mass is 10.0. The number of thioether (sulfide) groups is 2. The molecule has 0 radical (unpaired) electrons. The fourth-order valence-corrected chi connectivity index (χ4v) is 4.67. The molecule has 0 aromatic heterocycles. The van der Waals surface area contributed by atoms with E-state index < -0.39 is 6.10 Å². The van der Waals surface area contributed by atoms with E-state index in [1.807, 2.05) is 6.07 Å². The maximum atomic E-state index is 10.6. The highest BCUT2D eigenvalue weighted by atomic mass is 32.2. The molecular formula is C21H25NOS2. The van der Waals surface area contributed by atoms with Crippen molar-refractivity contribution in [2.45, 2.75) is 48.1 Å². The lowest BCUT2D eigenvalue weighted by Crippen LogP contribution is -2.33. The lowest BCUT2D eigenvalue weighted by Gasteiger charge is -2.22. The second-order valence-electron chi connectivity index (χ2n) is 6.34. The predicted molar refractivity (Wildman–Crippen MR) is 109 cm³/mol. The number of aryl methyl sites for hydroxylation is 1. The van der Waals surface area contributed by atoms with Gasteiger partial charge in [-0.05, 0) is 66.8 Å². The largest absolute Gasteiger partial charge is 0.387 e. The maximum Gasteiger partial charge on any atom is 0.0940 e. The van der Waals surface area contributed by atoms with E-state index in [0.29, 0.717) is 0 Å². The number of fused-ring (bicyclic) bond motifs is 1. The molecule has 2 aromatic carbocycles. The van der Waals surface area contributed by atoms with Gasteiger partial charge in [-0.1, -0.05) is 59.9 Å². The van der Waals surface area contributed by atoms with E-state index in [2.05, 4.69) is 65.5 Å². The number of aliphatic hydroxyl groups is 1. The van der Waals surface area contributed by atoms with Gasteiger partial charge in [0.15, 0.2) is 0 Å². The number of hydrogen-bond donors (Lipinski definition) is 2. The van der Waals surface area contributed by atoms with Gasteiger partial charge in [0, 0.05) is 15.8 Å². The summed E-state index contributed by atoms with van der Waals surface area (Å²) in [6.45, 7) is 2.99. The van der Waals surface area contributed by atoms with Crippen molar-refractivity contribution in [3.8, 4) is 0 Å². The molecule has 0 bridgehead atoms. The standard InChI is InChI=1S/C21H25NOS2/c1-16(22-12-6-5-9-17-7-3-2-4-8-17)21(23)18-10-11-19-20(15-18)25-14-13-24-19/h2-4,7-8,10-11,13-16,21-23H,5-6,9,12H2,1H3. The van der Waals surface area contributed by atoms with Gasteiger partial charge in [0.2, 0.25) is 0 Å². The highest BCUT2D eigenvalue weighted by Gasteiger charge is 2.17. The molecule has 0 amide bonds. The van der Waals surface area contributed by atoms with Crippen LogP contribution in [0.25, 0.3) is 0 Å². The van der Waals surface area contributed by atoms with Crippen LogP contribution in [0.15, 0.2) is 69.1 Å². The quantitative estimate of drug-likeness (QED) is 0.609. The molecule has 1 aliphatic heterocycles. The summed E-state index contributed by atoms with van der Waals surface area (Å²) in [4.78, 5) is 2.50. The normalized spacial score (nSPS) is 15.6. The summed E-state index contributed by atoms with van der Waals surface area (Å²) in [5.41, 5.74) is 2.39. The van der Waals surface area contributed by atoms with Crippen LogP contribution in [0.4, 0.5) is 0 Å². The average molecular weight is 372 g/mol. The first-order valence-corrected chi connectivity index (χ1v) is 10.6. The van der Waals surface area contributed by atoms with Gasteiger partial charge >= 0.3 is 0 Å². The summed E-state index contributed by atoms with van der Waals surface area (Å²) in [7, 11) is 0. The van der Waals surface area contributed by atoms with Crippen LogP contribution in [0.1, 0.15) is 37.0 Å². The molecule has 132 valence electrons. The maximum absolute atomic E-state index is 10.6. The predicted octanol–water partition coefficient (Wildman–Crippen LogP) is 5.39. The zero-order valence-electron chi connectivity index (χ0n) is 14.5. The molecule has 4 heteroatoms. The van der Waals surface area contributed by atoms with Crippen LogP contribution in [0.3, 0.4) is 0 Å². The number of hydrogen-bond acceptors (Lipinski definition) is 4. The van der Waals surface area contributed by atoms with E-state index in [9.17, 15) is 5.11 Å². The topological polar surface area (TPSA) is 32.3 Å². The zero-order chi connectivity index (χ0) is 17.5. The Bertz CT molecular complexity index is 702. The van der Waals surface area contributed by atoms with Gasteiger partial charge in [-0.15, -0.1) is 0 Å². The Labute approximate surface area is 159 Å². The molecule has 0 fully saturated rings. The monoisotopic (exact) mass is 371 g/mol. The number of rotatable bonds is 8. The highest BCUT2D eigenvalue weighted by molar-refractivity contribution is 8.08. The van der Waals surface area contributed by atoms with E-state index in [0.717, 1.165) is 24.9 Å². The van der Waals surface area contributed by atoms with Crippen LogP contribution in [0.2, 0.25) is 0 Å². The highest BCUT2D eigenvalue weighted by Crippen LogP contribution is 2.39. The van der Waals surface area contributed by atoms with Gasteiger partial charge in [0.25, 0.3) is 0 Å². The molecule has 2 atom stereocenters. The molecule has 3 rings (SSSR count). The van der Waals surface area contributed by atoms with Crippen molar-refractivity contribution in [1.29, 1.82) is 0 Å². The third-order valence-corrected chi connectivity index (χ3v) is 6.48. The molecule has 2 aromatic rings. The summed E-state index contributed by atoms with van der Waals surface area (Å²) in [6.07, 6.45) is 2.93. The van der Waals surface area contributed by atoms with Crippen molar-refractivity contribution in [3.63, 3.8) is 0 Å². The van der Waals surface area contributed by atoms with Crippen molar-refractivity contribution in [1.82, 2.24) is 5.32 Å². The summed E-state index contributed by atoms with van der Waals surface area (Å²) >= 11 is 3.46. The molecule has 2 unspecified atom stereocenters. The van der Waals surface area contributed by atoms with E-state index >= 15 is 0 Å². The number of aliphatic hydroxyl groups excluding tert-OH is 1. The minimum absolute atomic E-state index is 0.0477. The molecular weight excluding hydrogens is 346 g/mol. The van der Waals surface area contributed by atoms with Gasteiger partial charge in [0.05, 0.1) is 6.10 Å². The van der Waals surface area contributed by atoms with Gasteiger partial charge in [-0.3, -0.25) is 0 Å². The fourth-order valence-electron chi connectivity index (χ4n) is 2.93. The van der Waals surface area contributed by atoms with E-state index in [-0.39, 0.29) is 6.04 Å². The molecule has 0 spiro atoms. The Morgan fingerprint density at radius 3 is 2.52 bits per heavy atom. The summed E-state index contributed by atoms with van der Waals surface area (Å²) in [5.74, 6) is 0. The summed E-state index contributed by atoms with van der Waals surface area (Å²) < 4.78 is 0. The Kier molecular flexibility index (Phi) is 7.05. The minimum Gasteiger partial charge on any atom is -0.387 e. The van der Waals surface area contributed by atoms with Crippen LogP contribution < -0.4 is 5.32 Å². The SMILES string of the molecule is CC(NCCCCc1ccccc1)C(O)c1ccc2c(c1)SC=CS2. The van der Waals surface area contributed by atoms with Crippen molar-refractivity contribution in [2.24, 2.45) is 0 Å². The molecule has 1 heterocycles. The van der Waals surface area contributed by atoms with Crippen molar-refractivity contribution in [2.75, 3.05) is 6.54 Å². The number of benzene rings is 2. The third kappa shape index (κ3) is 5.38. The van der Waals surface area contributed by atoms with Crippen molar-refractivity contribution < 1.29 is 5.11 Å². The second kappa shape index (κ2) is 9.48. The summed E-state index contributed by atoms with van der Waals surface area (Å²) in [6, 6.07) is 16.9. The van der Waals surface area contributed by atoms with Crippen molar-refractivity contribution >= 4 is 23.5 Å². The molecule has 0 saturated carbocycles. The number of nitrogens with one attached hydrogen (secondary N) is 1. The second-order valence-corrected chi connectivity index (χ2v) is 8.24. The molecule has 2 nitrogen and oxygen atoms in total. The summed E-state index contributed by atoms with van der Waals surface area (Å²) in [5, 5.41) is 18.3. The lowest BCUT2D eigenvalue weighted by molar-refractivity contribution is 0.135. The van der Waals surface area contributed by atoms with Crippen LogP contribution in [0, 0.1) is 0 Å². The Hall–Kier alpha value is -1.20. The van der Waals surface area contributed by atoms with Gasteiger partial charge < -0.3 is 10.4 Å². The fraction of sp³-hybridized carbons (Fsp3) is 0.333. The first kappa shape index (κ1) is 18.6. The Balaban J connectivity index is 1.42. The minimum atomic E-state index is -0.476. The van der Waals surface area contributed by atoms with Crippen LogP contribution in [-0.2, 0) is 6.42 Å². The van der Waals surface area contributed by atoms with E-state index in [1.165, 1.54) is 21.8 Å². The van der Waals surface area contributed by atoms with E-state index in [4.69, 9.17) is 0 Å².